The molecule has 24 heavy (non-hydrogen) atoms. The molecule has 122 valence electrons. The van der Waals surface area contributed by atoms with Crippen molar-refractivity contribution in [3.8, 4) is 5.69 Å². The van der Waals surface area contributed by atoms with Crippen molar-refractivity contribution in [3.63, 3.8) is 0 Å². The number of hydrogen-bond acceptors (Lipinski definition) is 7. The molecule has 0 spiro atoms. The molecule has 0 unspecified atom stereocenters. The Morgan fingerprint density at radius 3 is 2.50 bits per heavy atom. The van der Waals surface area contributed by atoms with Gasteiger partial charge in [0.15, 0.2) is 0 Å². The topological polar surface area (TPSA) is 134 Å². The van der Waals surface area contributed by atoms with Crippen LogP contribution in [0.3, 0.4) is 0 Å². The Bertz CT molecular complexity index is 1070. The van der Waals surface area contributed by atoms with Crippen LogP contribution in [0.4, 0.5) is 11.4 Å². The number of fused-ring (bicyclic) bond motifs is 1. The summed E-state index contributed by atoms with van der Waals surface area (Å²) in [5, 5.41) is 26.5. The molecule has 0 saturated heterocycles. The Balaban J connectivity index is 2.36. The molecule has 0 saturated carbocycles. The molecule has 0 aliphatic rings. The second-order valence-electron chi connectivity index (χ2n) is 5.07. The third-order valence-electron chi connectivity index (χ3n) is 3.60. The second kappa shape index (κ2) is 5.26. The van der Waals surface area contributed by atoms with Crippen LogP contribution in [-0.2, 0) is 0 Å². The van der Waals surface area contributed by atoms with Crippen molar-refractivity contribution < 1.29 is 14.3 Å². The molecule has 0 fully saturated rings. The van der Waals surface area contributed by atoms with Crippen LogP contribution in [0.2, 0.25) is 0 Å². The minimum Gasteiger partial charge on any atom is -0.398 e. The molecule has 10 nitrogen and oxygen atoms in total. The van der Waals surface area contributed by atoms with Gasteiger partial charge < -0.3 is 4.42 Å². The maximum atomic E-state index is 11.9. The van der Waals surface area contributed by atoms with E-state index in [0.29, 0.717) is 16.8 Å². The first-order valence-corrected chi connectivity index (χ1v) is 6.73. The zero-order valence-electron chi connectivity index (χ0n) is 12.5. The smallest absolute Gasteiger partial charge is 0.398 e. The fourth-order valence-electron chi connectivity index (χ4n) is 2.56. The maximum Gasteiger partial charge on any atom is 0.416 e. The average Bonchev–Trinajstić information content (AvgIpc) is 2.83. The van der Waals surface area contributed by atoms with E-state index >= 15 is 0 Å². The van der Waals surface area contributed by atoms with Gasteiger partial charge >= 0.3 is 11.3 Å². The van der Waals surface area contributed by atoms with Crippen molar-refractivity contribution in [3.05, 3.63) is 66.2 Å². The number of nitrogens with zero attached hydrogens (tertiary/aromatic N) is 4. The fraction of sp³-hybridized carbons (Fsp3) is 0.143. The first-order chi connectivity index (χ1) is 11.3. The summed E-state index contributed by atoms with van der Waals surface area (Å²) >= 11 is 0. The number of benzene rings is 1. The van der Waals surface area contributed by atoms with Gasteiger partial charge in [-0.3, -0.25) is 20.2 Å². The van der Waals surface area contributed by atoms with Crippen LogP contribution in [0.1, 0.15) is 11.3 Å². The highest BCUT2D eigenvalue weighted by atomic mass is 16.6. The van der Waals surface area contributed by atoms with E-state index in [2.05, 4.69) is 5.10 Å². The summed E-state index contributed by atoms with van der Waals surface area (Å²) in [7, 11) is 0. The summed E-state index contributed by atoms with van der Waals surface area (Å²) in [6, 6.07) is 5.60. The number of aromatic nitrogens is 2. The van der Waals surface area contributed by atoms with Crippen LogP contribution in [0.25, 0.3) is 16.8 Å². The lowest BCUT2D eigenvalue weighted by molar-refractivity contribution is -0.387. The van der Waals surface area contributed by atoms with Crippen molar-refractivity contribution in [2.45, 2.75) is 13.8 Å². The molecule has 1 aromatic carbocycles. The zero-order chi connectivity index (χ0) is 17.6. The summed E-state index contributed by atoms with van der Waals surface area (Å²) in [6.07, 6.45) is 0. The predicted octanol–water partition coefficient (Wildman–Crippen LogP) is 2.41. The predicted molar refractivity (Wildman–Crippen MR) is 82.4 cm³/mol. The Morgan fingerprint density at radius 1 is 1.17 bits per heavy atom. The van der Waals surface area contributed by atoms with Crippen molar-refractivity contribution >= 4 is 22.5 Å². The molecule has 3 aromatic rings. The SMILES string of the molecule is Cc1nn(-c2cccc([N+](=O)[O-])c2)c2oc(=O)c([N+](=O)[O-])c(C)c12. The highest BCUT2D eigenvalue weighted by molar-refractivity contribution is 5.84. The molecule has 3 rings (SSSR count). The summed E-state index contributed by atoms with van der Waals surface area (Å²) in [5.74, 6) is 0. The van der Waals surface area contributed by atoms with Gasteiger partial charge in [-0.1, -0.05) is 6.07 Å². The average molecular weight is 330 g/mol. The highest BCUT2D eigenvalue weighted by Gasteiger charge is 2.26. The van der Waals surface area contributed by atoms with Crippen molar-refractivity contribution in [2.24, 2.45) is 0 Å². The van der Waals surface area contributed by atoms with Gasteiger partial charge in [0.05, 0.1) is 26.6 Å². The van der Waals surface area contributed by atoms with Gasteiger partial charge in [0, 0.05) is 17.7 Å². The Hall–Kier alpha value is -3.56. The van der Waals surface area contributed by atoms with Crippen LogP contribution in [0, 0.1) is 34.1 Å². The minimum atomic E-state index is -1.10. The van der Waals surface area contributed by atoms with E-state index in [-0.39, 0.29) is 17.0 Å². The standard InChI is InChI=1S/C14H10N4O6/c1-7-11-8(2)15-16(9-4-3-5-10(6-9)17(20)21)13(11)24-14(19)12(7)18(22)23/h3-6H,1-2H3. The molecular weight excluding hydrogens is 320 g/mol. The molecule has 0 radical (unpaired) electrons. The number of hydrogen-bond donors (Lipinski definition) is 0. The molecule has 2 aromatic heterocycles. The molecule has 0 N–H and O–H groups in total. The van der Waals surface area contributed by atoms with E-state index in [1.807, 2.05) is 0 Å². The zero-order valence-corrected chi connectivity index (χ0v) is 12.5. The van der Waals surface area contributed by atoms with E-state index < -0.39 is 21.2 Å². The molecule has 0 bridgehead atoms. The fourth-order valence-corrected chi connectivity index (χ4v) is 2.56. The van der Waals surface area contributed by atoms with Crippen molar-refractivity contribution in [2.75, 3.05) is 0 Å². The lowest BCUT2D eigenvalue weighted by Gasteiger charge is -2.03. The van der Waals surface area contributed by atoms with Gasteiger partial charge in [-0.2, -0.15) is 9.78 Å². The lowest BCUT2D eigenvalue weighted by atomic mass is 10.1. The normalized spacial score (nSPS) is 10.9. The Kier molecular flexibility index (Phi) is 3.36. The summed E-state index contributed by atoms with van der Waals surface area (Å²) < 4.78 is 6.29. The van der Waals surface area contributed by atoms with Crippen LogP contribution in [0.5, 0.6) is 0 Å². The summed E-state index contributed by atoms with van der Waals surface area (Å²) in [5.41, 5.74) is -1.06. The number of non-ortho nitro benzene ring substituents is 1. The van der Waals surface area contributed by atoms with E-state index in [9.17, 15) is 25.0 Å². The Labute approximate surface area is 133 Å². The molecule has 0 atom stereocenters. The molecular formula is C14H10N4O6. The van der Waals surface area contributed by atoms with E-state index in [1.54, 1.807) is 13.0 Å². The monoisotopic (exact) mass is 330 g/mol. The van der Waals surface area contributed by atoms with Crippen LogP contribution in [0.15, 0.2) is 33.5 Å². The van der Waals surface area contributed by atoms with Gasteiger partial charge in [-0.15, -0.1) is 0 Å². The second-order valence-corrected chi connectivity index (χ2v) is 5.07. The largest absolute Gasteiger partial charge is 0.416 e. The van der Waals surface area contributed by atoms with Gasteiger partial charge in [0.2, 0.25) is 5.71 Å². The molecule has 0 amide bonds. The number of nitro benzene ring substituents is 1. The van der Waals surface area contributed by atoms with Gasteiger partial charge in [0.1, 0.15) is 0 Å². The molecule has 0 aliphatic carbocycles. The first kappa shape index (κ1) is 15.3. The Morgan fingerprint density at radius 2 is 1.88 bits per heavy atom. The van der Waals surface area contributed by atoms with E-state index in [4.69, 9.17) is 4.42 Å². The molecule has 10 heteroatoms. The van der Waals surface area contributed by atoms with Crippen LogP contribution in [-0.4, -0.2) is 19.6 Å². The maximum absolute atomic E-state index is 11.9. The molecule has 0 aliphatic heterocycles. The quantitative estimate of drug-likeness (QED) is 0.531. The minimum absolute atomic E-state index is 0.00102. The summed E-state index contributed by atoms with van der Waals surface area (Å²) in [6.45, 7) is 3.04. The van der Waals surface area contributed by atoms with Crippen molar-refractivity contribution in [1.82, 2.24) is 9.78 Å². The number of aryl methyl sites for hydroxylation is 2. The molecule has 2 heterocycles. The number of nitro groups is 2. The number of rotatable bonds is 3. The van der Waals surface area contributed by atoms with Gasteiger partial charge in [-0.25, -0.2) is 4.79 Å². The first-order valence-electron chi connectivity index (χ1n) is 6.73. The highest BCUT2D eigenvalue weighted by Crippen LogP contribution is 2.29. The summed E-state index contributed by atoms with van der Waals surface area (Å²) in [4.78, 5) is 32.5. The van der Waals surface area contributed by atoms with E-state index in [0.717, 1.165) is 0 Å². The van der Waals surface area contributed by atoms with Gasteiger partial charge in [0.25, 0.3) is 5.69 Å². The van der Waals surface area contributed by atoms with Crippen molar-refractivity contribution in [1.29, 1.82) is 0 Å². The van der Waals surface area contributed by atoms with Crippen LogP contribution < -0.4 is 5.63 Å². The third-order valence-corrected chi connectivity index (χ3v) is 3.60. The lowest BCUT2D eigenvalue weighted by Crippen LogP contribution is -2.10. The van der Waals surface area contributed by atoms with Crippen LogP contribution >= 0.6 is 0 Å². The third kappa shape index (κ3) is 2.20. The van der Waals surface area contributed by atoms with Gasteiger partial charge in [-0.05, 0) is 19.9 Å². The van der Waals surface area contributed by atoms with E-state index in [1.165, 1.54) is 29.8 Å².